The van der Waals surface area contributed by atoms with Crippen molar-refractivity contribution in [2.24, 2.45) is 5.10 Å². The molecular formula is C16H15BrClN3O2. The third kappa shape index (κ3) is 5.26. The predicted molar refractivity (Wildman–Crippen MR) is 96.1 cm³/mol. The summed E-state index contributed by atoms with van der Waals surface area (Å²) in [5.74, 6) is -0.230. The number of carbonyl (C=O) groups is 1. The number of phenolic OH excluding ortho intramolecular Hbond substituents is 1. The summed E-state index contributed by atoms with van der Waals surface area (Å²) >= 11 is 9.20. The van der Waals surface area contributed by atoms with Crippen LogP contribution in [0.5, 0.6) is 5.75 Å². The Balaban J connectivity index is 1.93. The zero-order chi connectivity index (χ0) is 16.8. The fourth-order valence-corrected chi connectivity index (χ4v) is 2.35. The normalized spacial score (nSPS) is 12.1. The number of rotatable bonds is 5. The molecule has 0 saturated heterocycles. The summed E-state index contributed by atoms with van der Waals surface area (Å²) in [5.41, 5.74) is 3.66. The Morgan fingerprint density at radius 3 is 2.87 bits per heavy atom. The largest absolute Gasteiger partial charge is 0.507 e. The van der Waals surface area contributed by atoms with Gasteiger partial charge in [0, 0.05) is 20.7 Å². The summed E-state index contributed by atoms with van der Waals surface area (Å²) in [5, 5.41) is 17.1. The van der Waals surface area contributed by atoms with E-state index in [9.17, 15) is 9.90 Å². The number of halogens is 2. The number of nitrogens with one attached hydrogen (secondary N) is 2. The highest BCUT2D eigenvalue weighted by molar-refractivity contribution is 9.10. The molecule has 5 nitrogen and oxygen atoms in total. The Bertz CT molecular complexity index is 737. The first-order valence-corrected chi connectivity index (χ1v) is 7.96. The number of nitrogens with zero attached hydrogens (tertiary/aromatic N) is 1. The van der Waals surface area contributed by atoms with E-state index in [1.807, 2.05) is 6.07 Å². The summed E-state index contributed by atoms with van der Waals surface area (Å²) in [6.45, 7) is 1.71. The van der Waals surface area contributed by atoms with Crippen LogP contribution in [0.4, 0.5) is 5.69 Å². The van der Waals surface area contributed by atoms with E-state index in [2.05, 4.69) is 31.8 Å². The van der Waals surface area contributed by atoms with Crippen molar-refractivity contribution >= 4 is 45.3 Å². The molecule has 0 spiro atoms. The number of amides is 1. The molecular weight excluding hydrogens is 382 g/mol. The molecule has 2 aromatic rings. The van der Waals surface area contributed by atoms with Crippen LogP contribution in [0.1, 0.15) is 12.5 Å². The van der Waals surface area contributed by atoms with Crippen LogP contribution in [0.15, 0.2) is 52.0 Å². The van der Waals surface area contributed by atoms with Gasteiger partial charge in [-0.05, 0) is 43.3 Å². The average Bonchev–Trinajstić information content (AvgIpc) is 2.50. The maximum absolute atomic E-state index is 12.0. The Labute approximate surface area is 147 Å². The number of phenols is 1. The topological polar surface area (TPSA) is 73.7 Å². The van der Waals surface area contributed by atoms with E-state index in [0.29, 0.717) is 10.6 Å². The zero-order valence-electron chi connectivity index (χ0n) is 12.3. The van der Waals surface area contributed by atoms with Crippen LogP contribution in [-0.2, 0) is 4.79 Å². The first kappa shape index (κ1) is 17.3. The Kier molecular flexibility index (Phi) is 6.01. The minimum Gasteiger partial charge on any atom is -0.507 e. The monoisotopic (exact) mass is 395 g/mol. The van der Waals surface area contributed by atoms with Gasteiger partial charge < -0.3 is 10.4 Å². The smallest absolute Gasteiger partial charge is 0.262 e. The molecule has 1 atom stereocenters. The maximum Gasteiger partial charge on any atom is 0.262 e. The van der Waals surface area contributed by atoms with Gasteiger partial charge in [-0.3, -0.25) is 4.79 Å². The lowest BCUT2D eigenvalue weighted by Gasteiger charge is -2.13. The zero-order valence-corrected chi connectivity index (χ0v) is 14.6. The molecule has 0 unspecified atom stereocenters. The molecule has 2 aromatic carbocycles. The molecule has 0 saturated carbocycles. The number of aromatic hydroxyl groups is 1. The van der Waals surface area contributed by atoms with Crippen molar-refractivity contribution in [3.8, 4) is 5.75 Å². The molecule has 120 valence electrons. The summed E-state index contributed by atoms with van der Waals surface area (Å²) in [4.78, 5) is 12.0. The highest BCUT2D eigenvalue weighted by Gasteiger charge is 2.11. The number of hydrazone groups is 1. The molecule has 0 aromatic heterocycles. The van der Waals surface area contributed by atoms with Gasteiger partial charge in [0.2, 0.25) is 0 Å². The fraction of sp³-hybridized carbons (Fsp3) is 0.125. The number of carbonyl (C=O) groups excluding carboxylic acids is 1. The maximum atomic E-state index is 12.0. The average molecular weight is 397 g/mol. The molecule has 0 bridgehead atoms. The standard InChI is InChI=1S/C16H15BrClN3O2/c1-10(20-14-4-2-3-13(18)8-14)16(23)21-19-9-11-7-12(17)5-6-15(11)22/h2-10,20,22H,1H3,(H,21,23)/b19-9-/t10-/m0/s1. The van der Waals surface area contributed by atoms with Crippen molar-refractivity contribution in [2.45, 2.75) is 13.0 Å². The minimum atomic E-state index is -0.498. The highest BCUT2D eigenvalue weighted by Crippen LogP contribution is 2.20. The summed E-state index contributed by atoms with van der Waals surface area (Å²) < 4.78 is 0.805. The van der Waals surface area contributed by atoms with Gasteiger partial charge >= 0.3 is 0 Å². The quantitative estimate of drug-likeness (QED) is 0.532. The molecule has 0 aliphatic heterocycles. The number of benzene rings is 2. The van der Waals surface area contributed by atoms with Crippen LogP contribution in [0, 0.1) is 0 Å². The lowest BCUT2D eigenvalue weighted by Crippen LogP contribution is -2.34. The van der Waals surface area contributed by atoms with Gasteiger partial charge in [0.1, 0.15) is 11.8 Å². The molecule has 0 aliphatic carbocycles. The van der Waals surface area contributed by atoms with Crippen LogP contribution < -0.4 is 10.7 Å². The van der Waals surface area contributed by atoms with Gasteiger partial charge in [0.05, 0.1) is 6.21 Å². The van der Waals surface area contributed by atoms with E-state index >= 15 is 0 Å². The molecule has 1 amide bonds. The van der Waals surface area contributed by atoms with Crippen LogP contribution in [0.3, 0.4) is 0 Å². The van der Waals surface area contributed by atoms with Crippen molar-refractivity contribution in [2.75, 3.05) is 5.32 Å². The van der Waals surface area contributed by atoms with Crippen LogP contribution in [-0.4, -0.2) is 23.3 Å². The third-order valence-electron chi connectivity index (χ3n) is 2.97. The van der Waals surface area contributed by atoms with Crippen molar-refractivity contribution in [1.82, 2.24) is 5.43 Å². The lowest BCUT2D eigenvalue weighted by molar-refractivity contribution is -0.121. The Hall–Kier alpha value is -2.05. The van der Waals surface area contributed by atoms with E-state index in [4.69, 9.17) is 11.6 Å². The molecule has 0 heterocycles. The van der Waals surface area contributed by atoms with E-state index in [1.54, 1.807) is 37.3 Å². The van der Waals surface area contributed by atoms with Crippen molar-refractivity contribution in [1.29, 1.82) is 0 Å². The number of anilines is 1. The predicted octanol–water partition coefficient (Wildman–Crippen LogP) is 3.76. The molecule has 0 aliphatic rings. The van der Waals surface area contributed by atoms with Crippen molar-refractivity contribution < 1.29 is 9.90 Å². The third-order valence-corrected chi connectivity index (χ3v) is 3.70. The summed E-state index contributed by atoms with van der Waals surface area (Å²) in [6.07, 6.45) is 1.38. The first-order valence-electron chi connectivity index (χ1n) is 6.79. The Morgan fingerprint density at radius 1 is 1.35 bits per heavy atom. The Morgan fingerprint density at radius 2 is 2.13 bits per heavy atom. The molecule has 0 radical (unpaired) electrons. The van der Waals surface area contributed by atoms with Gasteiger partial charge in [-0.2, -0.15) is 5.10 Å². The van der Waals surface area contributed by atoms with E-state index in [1.165, 1.54) is 12.3 Å². The summed E-state index contributed by atoms with van der Waals surface area (Å²) in [7, 11) is 0. The summed E-state index contributed by atoms with van der Waals surface area (Å²) in [6, 6.07) is 11.5. The van der Waals surface area contributed by atoms with Gasteiger partial charge in [-0.25, -0.2) is 5.43 Å². The van der Waals surface area contributed by atoms with Crippen LogP contribution in [0.25, 0.3) is 0 Å². The minimum absolute atomic E-state index is 0.0799. The van der Waals surface area contributed by atoms with Crippen LogP contribution in [0.2, 0.25) is 5.02 Å². The number of hydrogen-bond acceptors (Lipinski definition) is 4. The van der Waals surface area contributed by atoms with E-state index < -0.39 is 6.04 Å². The van der Waals surface area contributed by atoms with Gasteiger partial charge in [-0.1, -0.05) is 33.6 Å². The molecule has 23 heavy (non-hydrogen) atoms. The molecule has 0 fully saturated rings. The van der Waals surface area contributed by atoms with E-state index in [0.717, 1.165) is 10.2 Å². The van der Waals surface area contributed by atoms with Gasteiger partial charge in [0.15, 0.2) is 0 Å². The van der Waals surface area contributed by atoms with Crippen LogP contribution >= 0.6 is 27.5 Å². The van der Waals surface area contributed by atoms with Gasteiger partial charge in [-0.15, -0.1) is 0 Å². The van der Waals surface area contributed by atoms with Crippen molar-refractivity contribution in [3.05, 3.63) is 57.5 Å². The van der Waals surface area contributed by atoms with Gasteiger partial charge in [0.25, 0.3) is 5.91 Å². The number of hydrogen-bond donors (Lipinski definition) is 3. The molecule has 7 heteroatoms. The van der Waals surface area contributed by atoms with E-state index in [-0.39, 0.29) is 11.7 Å². The second-order valence-corrected chi connectivity index (χ2v) is 6.17. The van der Waals surface area contributed by atoms with Crippen molar-refractivity contribution in [3.63, 3.8) is 0 Å². The fourth-order valence-electron chi connectivity index (χ4n) is 1.78. The SMILES string of the molecule is C[C@H](Nc1cccc(Cl)c1)C(=O)N/N=C\c1cc(Br)ccc1O. The second-order valence-electron chi connectivity index (χ2n) is 4.81. The lowest BCUT2D eigenvalue weighted by atomic mass is 10.2. The second kappa shape index (κ2) is 7.99. The molecule has 3 N–H and O–H groups in total. The highest BCUT2D eigenvalue weighted by atomic mass is 79.9. The molecule has 2 rings (SSSR count). The first-order chi connectivity index (χ1) is 11.0.